The third kappa shape index (κ3) is 4.89. The molecule has 0 saturated heterocycles. The molecule has 0 radical (unpaired) electrons. The molecule has 0 unspecified atom stereocenters. The summed E-state index contributed by atoms with van der Waals surface area (Å²) in [7, 11) is 0. The second kappa shape index (κ2) is 7.82. The highest BCUT2D eigenvalue weighted by atomic mass is 79.9. The van der Waals surface area contributed by atoms with Crippen LogP contribution in [0, 0.1) is 11.3 Å². The number of ether oxygens (including phenoxy) is 1. The van der Waals surface area contributed by atoms with Crippen LogP contribution in [-0.4, -0.2) is 6.61 Å². The third-order valence-corrected chi connectivity index (χ3v) is 3.71. The van der Waals surface area contributed by atoms with Crippen molar-refractivity contribution >= 4 is 15.9 Å². The molecule has 0 amide bonds. The Morgan fingerprint density at radius 3 is 2.71 bits per heavy atom. The summed E-state index contributed by atoms with van der Waals surface area (Å²) in [6.45, 7) is 2.96. The molecule has 4 heteroatoms. The monoisotopic (exact) mass is 344 g/mol. The Morgan fingerprint density at radius 2 is 2.00 bits per heavy atom. The van der Waals surface area contributed by atoms with E-state index in [9.17, 15) is 0 Å². The first-order valence-corrected chi connectivity index (χ1v) is 7.56. The molecule has 0 aromatic heterocycles. The second-order valence-corrected chi connectivity index (χ2v) is 5.66. The Bertz CT molecular complexity index is 619. The summed E-state index contributed by atoms with van der Waals surface area (Å²) < 4.78 is 6.39. The van der Waals surface area contributed by atoms with Gasteiger partial charge in [0.15, 0.2) is 6.61 Å². The van der Waals surface area contributed by atoms with Gasteiger partial charge < -0.3 is 10.1 Å². The quantitative estimate of drug-likeness (QED) is 0.853. The number of nitriles is 1. The first kappa shape index (κ1) is 15.6. The molecule has 0 aliphatic rings. The predicted molar refractivity (Wildman–Crippen MR) is 86.9 cm³/mol. The molecule has 1 atom stereocenters. The average molecular weight is 345 g/mol. The Kier molecular flexibility index (Phi) is 5.79. The molecule has 0 fully saturated rings. The van der Waals surface area contributed by atoms with Gasteiger partial charge in [-0.25, -0.2) is 0 Å². The lowest BCUT2D eigenvalue weighted by atomic mass is 10.1. The smallest absolute Gasteiger partial charge is 0.174 e. The van der Waals surface area contributed by atoms with Crippen molar-refractivity contribution < 1.29 is 4.74 Å². The van der Waals surface area contributed by atoms with Crippen molar-refractivity contribution in [2.45, 2.75) is 19.5 Å². The fourth-order valence-corrected chi connectivity index (χ4v) is 2.27. The second-order valence-electron chi connectivity index (χ2n) is 4.75. The van der Waals surface area contributed by atoms with Crippen molar-refractivity contribution in [3.05, 3.63) is 64.1 Å². The molecule has 108 valence electrons. The fourth-order valence-electron chi connectivity index (χ4n) is 2.00. The van der Waals surface area contributed by atoms with E-state index in [-0.39, 0.29) is 12.6 Å². The molecule has 0 spiro atoms. The van der Waals surface area contributed by atoms with Crippen LogP contribution in [0.25, 0.3) is 0 Å². The number of nitrogens with one attached hydrogen (secondary N) is 1. The maximum absolute atomic E-state index is 8.53. The van der Waals surface area contributed by atoms with Crippen LogP contribution >= 0.6 is 15.9 Å². The summed E-state index contributed by atoms with van der Waals surface area (Å²) in [5, 5.41) is 12.0. The normalized spacial score (nSPS) is 11.7. The van der Waals surface area contributed by atoms with Gasteiger partial charge in [-0.15, -0.1) is 0 Å². The Hall–Kier alpha value is -1.83. The minimum absolute atomic E-state index is 0.0756. The highest BCUT2D eigenvalue weighted by molar-refractivity contribution is 9.10. The van der Waals surface area contributed by atoms with Crippen LogP contribution in [0.3, 0.4) is 0 Å². The van der Waals surface area contributed by atoms with Crippen molar-refractivity contribution in [3.8, 4) is 11.8 Å². The molecule has 0 aliphatic heterocycles. The van der Waals surface area contributed by atoms with E-state index in [1.807, 2.05) is 42.5 Å². The zero-order chi connectivity index (χ0) is 15.1. The molecule has 2 aromatic carbocycles. The first-order valence-electron chi connectivity index (χ1n) is 6.76. The van der Waals surface area contributed by atoms with Crippen LogP contribution in [0.2, 0.25) is 0 Å². The lowest BCUT2D eigenvalue weighted by molar-refractivity contribution is 0.367. The van der Waals surface area contributed by atoms with Crippen LogP contribution < -0.4 is 10.1 Å². The maximum atomic E-state index is 8.53. The van der Waals surface area contributed by atoms with E-state index in [1.54, 1.807) is 0 Å². The van der Waals surface area contributed by atoms with Crippen molar-refractivity contribution in [1.82, 2.24) is 5.32 Å². The standard InChI is InChI=1S/C17H17BrN2O/c1-13(15-5-7-16(18)8-6-15)20-12-14-3-2-4-17(11-14)21-10-9-19/h2-8,11,13,20H,10,12H2,1H3/t13-/m1/s1. The average Bonchev–Trinajstić information content (AvgIpc) is 2.52. The number of benzene rings is 2. The van der Waals surface area contributed by atoms with Gasteiger partial charge in [-0.2, -0.15) is 5.26 Å². The molecule has 21 heavy (non-hydrogen) atoms. The summed E-state index contributed by atoms with van der Waals surface area (Å²) in [6, 6.07) is 18.3. The largest absolute Gasteiger partial charge is 0.479 e. The van der Waals surface area contributed by atoms with E-state index in [2.05, 4.69) is 40.3 Å². The molecule has 0 aliphatic carbocycles. The molecule has 0 bridgehead atoms. The van der Waals surface area contributed by atoms with E-state index in [0.717, 1.165) is 22.3 Å². The van der Waals surface area contributed by atoms with Gasteiger partial charge in [0, 0.05) is 17.1 Å². The van der Waals surface area contributed by atoms with E-state index >= 15 is 0 Å². The first-order chi connectivity index (χ1) is 10.2. The minimum atomic E-state index is 0.0756. The van der Waals surface area contributed by atoms with Gasteiger partial charge in [-0.05, 0) is 42.3 Å². The summed E-state index contributed by atoms with van der Waals surface area (Å²) in [5.41, 5.74) is 2.38. The topological polar surface area (TPSA) is 45.0 Å². The lowest BCUT2D eigenvalue weighted by Crippen LogP contribution is -2.18. The molecule has 2 rings (SSSR count). The number of halogens is 1. The SMILES string of the molecule is C[C@@H](NCc1cccc(OCC#N)c1)c1ccc(Br)cc1. The van der Waals surface area contributed by atoms with Crippen molar-refractivity contribution in [2.75, 3.05) is 6.61 Å². The van der Waals surface area contributed by atoms with Crippen molar-refractivity contribution in [2.24, 2.45) is 0 Å². The summed E-state index contributed by atoms with van der Waals surface area (Å²) >= 11 is 3.44. The van der Waals surface area contributed by atoms with Crippen LogP contribution in [0.4, 0.5) is 0 Å². The molecular weight excluding hydrogens is 328 g/mol. The Labute approximate surface area is 133 Å². The zero-order valence-electron chi connectivity index (χ0n) is 11.8. The number of hydrogen-bond acceptors (Lipinski definition) is 3. The van der Waals surface area contributed by atoms with E-state index in [0.29, 0.717) is 0 Å². The Balaban J connectivity index is 1.93. The summed E-state index contributed by atoms with van der Waals surface area (Å²) in [4.78, 5) is 0. The highest BCUT2D eigenvalue weighted by Crippen LogP contribution is 2.18. The van der Waals surface area contributed by atoms with Gasteiger partial charge in [0.05, 0.1) is 0 Å². The van der Waals surface area contributed by atoms with E-state index < -0.39 is 0 Å². The highest BCUT2D eigenvalue weighted by Gasteiger charge is 2.05. The molecular formula is C17H17BrN2O. The van der Waals surface area contributed by atoms with Gasteiger partial charge in [0.25, 0.3) is 0 Å². The van der Waals surface area contributed by atoms with Crippen LogP contribution in [-0.2, 0) is 6.54 Å². The number of hydrogen-bond donors (Lipinski definition) is 1. The molecule has 1 N–H and O–H groups in total. The molecule has 0 heterocycles. The molecule has 2 aromatic rings. The summed E-state index contributed by atoms with van der Waals surface area (Å²) in [5.74, 6) is 0.729. The van der Waals surface area contributed by atoms with Crippen LogP contribution in [0.1, 0.15) is 24.1 Å². The van der Waals surface area contributed by atoms with Gasteiger partial charge >= 0.3 is 0 Å². The van der Waals surface area contributed by atoms with Crippen LogP contribution in [0.5, 0.6) is 5.75 Å². The maximum Gasteiger partial charge on any atom is 0.174 e. The summed E-state index contributed by atoms with van der Waals surface area (Å²) in [6.07, 6.45) is 0. The molecule has 0 saturated carbocycles. The minimum Gasteiger partial charge on any atom is -0.479 e. The van der Waals surface area contributed by atoms with Gasteiger partial charge in [-0.1, -0.05) is 40.2 Å². The van der Waals surface area contributed by atoms with Gasteiger partial charge in [-0.3, -0.25) is 0 Å². The zero-order valence-corrected chi connectivity index (χ0v) is 13.4. The Morgan fingerprint density at radius 1 is 1.24 bits per heavy atom. The third-order valence-electron chi connectivity index (χ3n) is 3.18. The van der Waals surface area contributed by atoms with Crippen LogP contribution in [0.15, 0.2) is 53.0 Å². The fraction of sp³-hybridized carbons (Fsp3) is 0.235. The lowest BCUT2D eigenvalue weighted by Gasteiger charge is -2.15. The number of nitrogens with zero attached hydrogens (tertiary/aromatic N) is 1. The predicted octanol–water partition coefficient (Wildman–Crippen LogP) is 4.20. The van der Waals surface area contributed by atoms with Crippen molar-refractivity contribution in [3.63, 3.8) is 0 Å². The number of rotatable bonds is 6. The van der Waals surface area contributed by atoms with Gasteiger partial charge in [0.2, 0.25) is 0 Å². The van der Waals surface area contributed by atoms with E-state index in [1.165, 1.54) is 5.56 Å². The van der Waals surface area contributed by atoms with Crippen molar-refractivity contribution in [1.29, 1.82) is 5.26 Å². The molecule has 3 nitrogen and oxygen atoms in total. The van der Waals surface area contributed by atoms with Gasteiger partial charge in [0.1, 0.15) is 11.8 Å². The van der Waals surface area contributed by atoms with E-state index in [4.69, 9.17) is 10.00 Å².